The highest BCUT2D eigenvalue weighted by Crippen LogP contribution is 2.31. The molecule has 0 aliphatic rings. The Bertz CT molecular complexity index is 314. The molecule has 0 spiro atoms. The molecule has 2 atom stereocenters. The Balaban J connectivity index is 2.95. The van der Waals surface area contributed by atoms with Gasteiger partial charge >= 0.3 is 0 Å². The summed E-state index contributed by atoms with van der Waals surface area (Å²) in [5, 5.41) is 0.0942. The maximum atomic E-state index is 12.8. The molecule has 0 saturated carbocycles. The number of hydrogen-bond acceptors (Lipinski definition) is 0. The van der Waals surface area contributed by atoms with Crippen molar-refractivity contribution in [1.29, 1.82) is 0 Å². The molecular weight excluding hydrogens is 266 g/mol. The highest BCUT2D eigenvalue weighted by molar-refractivity contribution is 9.10. The van der Waals surface area contributed by atoms with Crippen LogP contribution in [-0.4, -0.2) is 5.38 Å². The molecular formula is C11H13BrClF. The van der Waals surface area contributed by atoms with Crippen molar-refractivity contribution in [2.24, 2.45) is 0 Å². The highest BCUT2D eigenvalue weighted by Gasteiger charge is 2.17. The molecule has 14 heavy (non-hydrogen) atoms. The van der Waals surface area contributed by atoms with Crippen LogP contribution >= 0.6 is 27.5 Å². The molecule has 0 fully saturated rings. The van der Waals surface area contributed by atoms with Crippen molar-refractivity contribution < 1.29 is 4.39 Å². The molecule has 1 aromatic carbocycles. The number of hydrogen-bond donors (Lipinski definition) is 0. The first-order valence-corrected chi connectivity index (χ1v) is 5.88. The zero-order chi connectivity index (χ0) is 10.7. The quantitative estimate of drug-likeness (QED) is 0.703. The first-order chi connectivity index (χ1) is 6.56. The lowest BCUT2D eigenvalue weighted by Crippen LogP contribution is -2.08. The zero-order valence-electron chi connectivity index (χ0n) is 8.23. The molecule has 1 rings (SSSR count). The van der Waals surface area contributed by atoms with E-state index in [4.69, 9.17) is 11.6 Å². The van der Waals surface area contributed by atoms with Crippen LogP contribution in [0, 0.1) is 5.82 Å². The second kappa shape index (κ2) is 5.13. The van der Waals surface area contributed by atoms with Gasteiger partial charge in [-0.3, -0.25) is 0 Å². The molecule has 0 aromatic heterocycles. The van der Waals surface area contributed by atoms with Gasteiger partial charge in [0, 0.05) is 9.85 Å². The molecule has 0 N–H and O–H groups in total. The summed E-state index contributed by atoms with van der Waals surface area (Å²) in [6, 6.07) is 4.73. The van der Waals surface area contributed by atoms with Crippen LogP contribution in [0.4, 0.5) is 4.39 Å². The average Bonchev–Trinajstić information content (AvgIpc) is 2.15. The van der Waals surface area contributed by atoms with Gasteiger partial charge in [0.05, 0.1) is 0 Å². The zero-order valence-corrected chi connectivity index (χ0v) is 10.6. The van der Waals surface area contributed by atoms with E-state index < -0.39 is 0 Å². The van der Waals surface area contributed by atoms with Crippen molar-refractivity contribution >= 4 is 27.5 Å². The summed E-state index contributed by atoms with van der Waals surface area (Å²) in [7, 11) is 0. The van der Waals surface area contributed by atoms with E-state index in [1.165, 1.54) is 12.1 Å². The topological polar surface area (TPSA) is 0 Å². The van der Waals surface area contributed by atoms with Crippen LogP contribution in [0.15, 0.2) is 22.7 Å². The second-order valence-corrected chi connectivity index (χ2v) is 4.79. The molecule has 0 amide bonds. The monoisotopic (exact) mass is 278 g/mol. The third-order valence-corrected chi connectivity index (χ3v) is 3.76. The molecule has 0 aliphatic carbocycles. The van der Waals surface area contributed by atoms with Crippen LogP contribution in [0.5, 0.6) is 0 Å². The number of rotatable bonds is 3. The predicted octanol–water partition coefficient (Wildman–Crippen LogP) is 4.71. The van der Waals surface area contributed by atoms with Crippen molar-refractivity contribution in [2.45, 2.75) is 31.6 Å². The largest absolute Gasteiger partial charge is 0.207 e. The van der Waals surface area contributed by atoms with Gasteiger partial charge in [-0.25, -0.2) is 4.39 Å². The van der Waals surface area contributed by atoms with E-state index in [0.29, 0.717) is 0 Å². The van der Waals surface area contributed by atoms with E-state index in [1.54, 1.807) is 6.07 Å². The van der Waals surface area contributed by atoms with Gasteiger partial charge in [0.25, 0.3) is 0 Å². The summed E-state index contributed by atoms with van der Waals surface area (Å²) in [6.07, 6.45) is 0.909. The van der Waals surface area contributed by atoms with Crippen molar-refractivity contribution in [3.05, 3.63) is 34.1 Å². The fraction of sp³-hybridized carbons (Fsp3) is 0.455. The maximum absolute atomic E-state index is 12.8. The van der Waals surface area contributed by atoms with Gasteiger partial charge in [-0.2, -0.15) is 0 Å². The first kappa shape index (κ1) is 12.0. The molecule has 0 radical (unpaired) electrons. The van der Waals surface area contributed by atoms with E-state index >= 15 is 0 Å². The van der Waals surface area contributed by atoms with E-state index in [1.807, 2.05) is 6.92 Å². The minimum Gasteiger partial charge on any atom is -0.207 e. The summed E-state index contributed by atoms with van der Waals surface area (Å²) in [5.74, 6) is 0.00656. The fourth-order valence-corrected chi connectivity index (χ4v) is 2.27. The van der Waals surface area contributed by atoms with Gasteiger partial charge in [-0.05, 0) is 30.0 Å². The SMILES string of the molecule is CCC(Cl)C(C)c1ccc(F)cc1Br. The lowest BCUT2D eigenvalue weighted by Gasteiger charge is -2.18. The van der Waals surface area contributed by atoms with E-state index in [9.17, 15) is 4.39 Å². The maximum Gasteiger partial charge on any atom is 0.124 e. The lowest BCUT2D eigenvalue weighted by molar-refractivity contribution is 0.621. The lowest BCUT2D eigenvalue weighted by atomic mass is 9.96. The molecule has 0 bridgehead atoms. The number of halogens is 3. The van der Waals surface area contributed by atoms with Gasteiger partial charge in [-0.1, -0.05) is 35.8 Å². The molecule has 1 aromatic rings. The minimum absolute atomic E-state index is 0.0942. The Morgan fingerprint density at radius 1 is 1.50 bits per heavy atom. The van der Waals surface area contributed by atoms with Crippen LogP contribution < -0.4 is 0 Å². The molecule has 2 unspecified atom stereocenters. The molecule has 3 heteroatoms. The summed E-state index contributed by atoms with van der Waals surface area (Å²) >= 11 is 9.49. The third kappa shape index (κ3) is 2.71. The third-order valence-electron chi connectivity index (χ3n) is 2.39. The van der Waals surface area contributed by atoms with Gasteiger partial charge < -0.3 is 0 Å². The molecule has 0 nitrogen and oxygen atoms in total. The minimum atomic E-state index is -0.226. The van der Waals surface area contributed by atoms with Crippen molar-refractivity contribution in [3.8, 4) is 0 Å². The van der Waals surface area contributed by atoms with Crippen LogP contribution in [0.3, 0.4) is 0 Å². The van der Waals surface area contributed by atoms with Crippen LogP contribution in [0.1, 0.15) is 31.7 Å². The predicted molar refractivity (Wildman–Crippen MR) is 62.4 cm³/mol. The Morgan fingerprint density at radius 3 is 2.64 bits per heavy atom. The average molecular weight is 280 g/mol. The molecule has 0 saturated heterocycles. The summed E-state index contributed by atoms with van der Waals surface area (Å²) in [4.78, 5) is 0. The van der Waals surface area contributed by atoms with E-state index in [-0.39, 0.29) is 17.1 Å². The van der Waals surface area contributed by atoms with Crippen LogP contribution in [0.2, 0.25) is 0 Å². The number of alkyl halides is 1. The van der Waals surface area contributed by atoms with Crippen LogP contribution in [-0.2, 0) is 0 Å². The Kier molecular flexibility index (Phi) is 4.39. The molecule has 78 valence electrons. The summed E-state index contributed by atoms with van der Waals surface area (Å²) < 4.78 is 13.6. The van der Waals surface area contributed by atoms with Gasteiger partial charge in [0.15, 0.2) is 0 Å². The summed E-state index contributed by atoms with van der Waals surface area (Å²) in [6.45, 7) is 4.10. The van der Waals surface area contributed by atoms with E-state index in [2.05, 4.69) is 22.9 Å². The number of benzene rings is 1. The Morgan fingerprint density at radius 2 is 2.14 bits per heavy atom. The standard InChI is InChI=1S/C11H13BrClF/c1-3-11(13)7(2)9-5-4-8(14)6-10(9)12/h4-7,11H,3H2,1-2H3. The van der Waals surface area contributed by atoms with Gasteiger partial charge in [0.1, 0.15) is 5.82 Å². The highest BCUT2D eigenvalue weighted by atomic mass is 79.9. The summed E-state index contributed by atoms with van der Waals surface area (Å²) in [5.41, 5.74) is 1.06. The molecule has 0 aliphatic heterocycles. The van der Waals surface area contributed by atoms with Crippen molar-refractivity contribution in [3.63, 3.8) is 0 Å². The second-order valence-electron chi connectivity index (χ2n) is 3.38. The fourth-order valence-electron chi connectivity index (χ4n) is 1.42. The van der Waals surface area contributed by atoms with Crippen molar-refractivity contribution in [2.75, 3.05) is 0 Å². The Labute approximate surface area is 97.6 Å². The first-order valence-electron chi connectivity index (χ1n) is 4.65. The van der Waals surface area contributed by atoms with Gasteiger partial charge in [-0.15, -0.1) is 11.6 Å². The smallest absolute Gasteiger partial charge is 0.124 e. The normalized spacial score (nSPS) is 15.2. The van der Waals surface area contributed by atoms with Gasteiger partial charge in [0.2, 0.25) is 0 Å². The Hall–Kier alpha value is -0.0800. The van der Waals surface area contributed by atoms with Crippen LogP contribution in [0.25, 0.3) is 0 Å². The van der Waals surface area contributed by atoms with Crippen molar-refractivity contribution in [1.82, 2.24) is 0 Å². The molecule has 0 heterocycles. The van der Waals surface area contributed by atoms with E-state index in [0.717, 1.165) is 16.5 Å².